The predicted molar refractivity (Wildman–Crippen MR) is 73.7 cm³/mol. The largest absolute Gasteiger partial charge is 0.498 e. The van der Waals surface area contributed by atoms with Gasteiger partial charge in [0.25, 0.3) is 0 Å². The van der Waals surface area contributed by atoms with Gasteiger partial charge in [-0.1, -0.05) is 0 Å². The second-order valence-corrected chi connectivity index (χ2v) is 6.17. The minimum absolute atomic E-state index is 0.328. The summed E-state index contributed by atoms with van der Waals surface area (Å²) < 4.78 is 69.1. The Morgan fingerprint density at radius 3 is 1.95 bits per heavy atom. The van der Waals surface area contributed by atoms with Gasteiger partial charge >= 0.3 is 13.3 Å². The van der Waals surface area contributed by atoms with Gasteiger partial charge in [-0.25, -0.2) is 4.39 Å². The highest BCUT2D eigenvalue weighted by Gasteiger charge is 2.53. The molecule has 0 unspecified atom stereocenters. The first-order valence-electron chi connectivity index (χ1n) is 6.69. The van der Waals surface area contributed by atoms with Crippen molar-refractivity contribution in [2.75, 3.05) is 7.11 Å². The molecule has 0 radical (unpaired) electrons. The molecular weight excluding hydrogens is 303 g/mol. The molecule has 1 aromatic rings. The molecule has 1 aliphatic rings. The van der Waals surface area contributed by atoms with Crippen molar-refractivity contribution in [1.82, 2.24) is 0 Å². The first-order valence-corrected chi connectivity index (χ1v) is 6.69. The molecule has 8 heteroatoms. The van der Waals surface area contributed by atoms with Gasteiger partial charge in [-0.05, 0) is 39.8 Å². The second-order valence-electron chi connectivity index (χ2n) is 6.17. The molecule has 0 N–H and O–H groups in total. The maximum atomic E-state index is 14.3. The highest BCUT2D eigenvalue weighted by molar-refractivity contribution is 6.62. The monoisotopic (exact) mass is 320 g/mol. The van der Waals surface area contributed by atoms with Gasteiger partial charge in [0.1, 0.15) is 0 Å². The fourth-order valence-corrected chi connectivity index (χ4v) is 2.07. The van der Waals surface area contributed by atoms with Crippen molar-refractivity contribution in [1.29, 1.82) is 0 Å². The van der Waals surface area contributed by atoms with E-state index in [1.165, 1.54) is 0 Å². The number of alkyl halides is 3. The molecule has 0 atom stereocenters. The first kappa shape index (κ1) is 17.1. The summed E-state index contributed by atoms with van der Waals surface area (Å²) in [5.41, 5.74) is -2.92. The van der Waals surface area contributed by atoms with Gasteiger partial charge in [0, 0.05) is 5.46 Å². The lowest BCUT2D eigenvalue weighted by Crippen LogP contribution is -2.41. The number of ether oxygens (including phenoxy) is 1. The normalized spacial score (nSPS) is 20.3. The molecule has 0 saturated carbocycles. The summed E-state index contributed by atoms with van der Waals surface area (Å²) in [6.45, 7) is 6.93. The zero-order chi connectivity index (χ0) is 16.9. The average molecular weight is 320 g/mol. The maximum absolute atomic E-state index is 14.3. The van der Waals surface area contributed by atoms with Crippen molar-refractivity contribution in [2.45, 2.75) is 45.1 Å². The Hall–Kier alpha value is -1.28. The molecule has 0 aromatic heterocycles. The average Bonchev–Trinajstić information content (AvgIpc) is 2.57. The summed E-state index contributed by atoms with van der Waals surface area (Å²) in [5, 5.41) is 0. The van der Waals surface area contributed by atoms with E-state index in [0.29, 0.717) is 12.1 Å². The smallest absolute Gasteiger partial charge is 0.494 e. The van der Waals surface area contributed by atoms with Crippen LogP contribution in [-0.2, 0) is 15.5 Å². The van der Waals surface area contributed by atoms with Crippen molar-refractivity contribution in [2.24, 2.45) is 0 Å². The fraction of sp³-hybridized carbons (Fsp3) is 0.571. The Bertz CT molecular complexity index is 568. The Morgan fingerprint density at radius 1 is 1.05 bits per heavy atom. The van der Waals surface area contributed by atoms with E-state index in [9.17, 15) is 17.6 Å². The van der Waals surface area contributed by atoms with Gasteiger partial charge in [-0.3, -0.25) is 0 Å². The van der Waals surface area contributed by atoms with Crippen LogP contribution in [0, 0.1) is 5.82 Å². The summed E-state index contributed by atoms with van der Waals surface area (Å²) in [6, 6.07) is 1.31. The van der Waals surface area contributed by atoms with Crippen LogP contribution in [0.25, 0.3) is 0 Å². The van der Waals surface area contributed by atoms with E-state index in [4.69, 9.17) is 14.0 Å². The summed E-state index contributed by atoms with van der Waals surface area (Å²) in [7, 11) is -0.131. The minimum Gasteiger partial charge on any atom is -0.494 e. The van der Waals surface area contributed by atoms with Gasteiger partial charge in [-0.15, -0.1) is 0 Å². The standard InChI is InChI=1S/C14H17BF4O3/c1-12(2)13(3,4)22-15(21-12)9-6-8(14(17,18)19)7-10(20-5)11(9)16/h6-7H,1-5H3. The molecular formula is C14H17BF4O3. The molecule has 2 rings (SSSR count). The van der Waals surface area contributed by atoms with Gasteiger partial charge in [0.2, 0.25) is 0 Å². The Kier molecular flexibility index (Phi) is 3.98. The molecule has 3 nitrogen and oxygen atoms in total. The number of halogens is 4. The van der Waals surface area contributed by atoms with Crippen LogP contribution in [0.3, 0.4) is 0 Å². The molecule has 22 heavy (non-hydrogen) atoms. The van der Waals surface area contributed by atoms with Crippen LogP contribution >= 0.6 is 0 Å². The summed E-state index contributed by atoms with van der Waals surface area (Å²) >= 11 is 0. The van der Waals surface area contributed by atoms with Crippen LogP contribution in [-0.4, -0.2) is 25.4 Å². The number of hydrogen-bond donors (Lipinski definition) is 0. The molecule has 0 spiro atoms. The van der Waals surface area contributed by atoms with E-state index in [-0.39, 0.29) is 5.46 Å². The second kappa shape index (κ2) is 5.13. The van der Waals surface area contributed by atoms with E-state index >= 15 is 0 Å². The minimum atomic E-state index is -4.63. The van der Waals surface area contributed by atoms with Crippen LogP contribution in [0.2, 0.25) is 0 Å². The molecule has 0 amide bonds. The highest BCUT2D eigenvalue weighted by atomic mass is 19.4. The Balaban J connectivity index is 2.52. The third-order valence-electron chi connectivity index (χ3n) is 4.12. The molecule has 1 aliphatic heterocycles. The third-order valence-corrected chi connectivity index (χ3v) is 4.12. The van der Waals surface area contributed by atoms with Crippen molar-refractivity contribution in [3.05, 3.63) is 23.5 Å². The topological polar surface area (TPSA) is 27.7 Å². The van der Waals surface area contributed by atoms with Crippen LogP contribution in [0.4, 0.5) is 17.6 Å². The summed E-state index contributed by atoms with van der Waals surface area (Å²) in [5.74, 6) is -1.42. The van der Waals surface area contributed by atoms with Crippen molar-refractivity contribution >= 4 is 12.6 Å². The van der Waals surface area contributed by atoms with Crippen LogP contribution in [0.15, 0.2) is 12.1 Å². The summed E-state index contributed by atoms with van der Waals surface area (Å²) in [6.07, 6.45) is -4.63. The van der Waals surface area contributed by atoms with E-state index in [0.717, 1.165) is 7.11 Å². The lowest BCUT2D eigenvalue weighted by atomic mass is 9.77. The molecule has 1 fully saturated rings. The lowest BCUT2D eigenvalue weighted by molar-refractivity contribution is -0.137. The van der Waals surface area contributed by atoms with Crippen molar-refractivity contribution in [3.63, 3.8) is 0 Å². The Morgan fingerprint density at radius 2 is 1.55 bits per heavy atom. The number of methoxy groups -OCH3 is 1. The van der Waals surface area contributed by atoms with E-state index in [2.05, 4.69) is 0 Å². The zero-order valence-corrected chi connectivity index (χ0v) is 13.0. The molecule has 0 bridgehead atoms. The van der Waals surface area contributed by atoms with E-state index < -0.39 is 41.6 Å². The van der Waals surface area contributed by atoms with Crippen LogP contribution in [0.1, 0.15) is 33.3 Å². The highest BCUT2D eigenvalue weighted by Crippen LogP contribution is 2.38. The molecule has 1 aromatic carbocycles. The van der Waals surface area contributed by atoms with Crippen molar-refractivity contribution in [3.8, 4) is 5.75 Å². The number of benzene rings is 1. The van der Waals surface area contributed by atoms with Crippen molar-refractivity contribution < 1.29 is 31.6 Å². The van der Waals surface area contributed by atoms with Gasteiger partial charge in [0.05, 0.1) is 23.9 Å². The SMILES string of the molecule is COc1cc(C(F)(F)F)cc(B2OC(C)(C)C(C)(C)O2)c1F. The zero-order valence-electron chi connectivity index (χ0n) is 13.0. The van der Waals surface area contributed by atoms with Gasteiger partial charge in [0.15, 0.2) is 11.6 Å². The summed E-state index contributed by atoms with van der Waals surface area (Å²) in [4.78, 5) is 0. The fourth-order valence-electron chi connectivity index (χ4n) is 2.07. The molecule has 1 saturated heterocycles. The van der Waals surface area contributed by atoms with Gasteiger partial charge in [-0.2, -0.15) is 13.2 Å². The van der Waals surface area contributed by atoms with Crippen LogP contribution in [0.5, 0.6) is 5.75 Å². The van der Waals surface area contributed by atoms with E-state index in [1.807, 2.05) is 0 Å². The maximum Gasteiger partial charge on any atom is 0.498 e. The van der Waals surface area contributed by atoms with Crippen LogP contribution < -0.4 is 10.2 Å². The third kappa shape index (κ3) is 2.81. The van der Waals surface area contributed by atoms with E-state index in [1.54, 1.807) is 27.7 Å². The molecule has 0 aliphatic carbocycles. The van der Waals surface area contributed by atoms with Gasteiger partial charge < -0.3 is 14.0 Å². The quantitative estimate of drug-likeness (QED) is 0.619. The first-order chi connectivity index (χ1) is 9.89. The number of rotatable bonds is 2. The molecule has 122 valence electrons. The molecule has 1 heterocycles. The predicted octanol–water partition coefficient (Wildman–Crippen LogP) is 3.15. The number of hydrogen-bond acceptors (Lipinski definition) is 3. The Labute approximate surface area is 126 Å². The lowest BCUT2D eigenvalue weighted by Gasteiger charge is -2.32.